The Morgan fingerprint density at radius 2 is 1.00 bits per heavy atom. The Morgan fingerprint density at radius 3 is 1.00 bits per heavy atom. The van der Waals surface area contributed by atoms with Crippen LogP contribution in [0, 0.1) is 0 Å². The fraction of sp³-hybridized carbons (Fsp3) is 0. The van der Waals surface area contributed by atoms with Crippen molar-refractivity contribution in [3.05, 3.63) is 0 Å². The Hall–Kier alpha value is 1.79. The molecule has 0 aliphatic rings. The summed E-state index contributed by atoms with van der Waals surface area (Å²) in [5.74, 6) is 0. The third-order valence-corrected chi connectivity index (χ3v) is 0. The second-order valence-electron chi connectivity index (χ2n) is 0. The van der Waals surface area contributed by atoms with Crippen molar-refractivity contribution in [2.75, 3.05) is 0 Å². The minimum Gasteiger partial charge on any atom is -2.00 e. The van der Waals surface area contributed by atoms with Gasteiger partial charge in [0.25, 0.3) is 0 Å². The van der Waals surface area contributed by atoms with Crippen molar-refractivity contribution in [1.82, 2.24) is 0 Å². The average molecular weight is 134 g/mol. The maximum atomic E-state index is 0. The molecule has 0 aromatic heterocycles. The van der Waals surface area contributed by atoms with E-state index in [1.165, 1.54) is 0 Å². The van der Waals surface area contributed by atoms with Crippen LogP contribution >= 0.6 is 0 Å². The molecule has 0 aromatic rings. The van der Waals surface area contributed by atoms with Crippen LogP contribution in [-0.2, 0) is 44.3 Å². The van der Waals surface area contributed by atoms with Crippen LogP contribution in [-0.4, -0.2) is 0 Å². The van der Waals surface area contributed by atoms with E-state index in [1.807, 2.05) is 0 Å². The summed E-state index contributed by atoms with van der Waals surface area (Å²) >= 11 is 0. The van der Waals surface area contributed by atoms with E-state index in [0.717, 1.165) is 0 Å². The van der Waals surface area contributed by atoms with Crippen LogP contribution < -0.4 is 18.9 Å². The van der Waals surface area contributed by atoms with Gasteiger partial charge in [-0.1, -0.05) is 0 Å². The third kappa shape index (κ3) is 9.21. The summed E-state index contributed by atoms with van der Waals surface area (Å²) in [5, 5.41) is 0. The van der Waals surface area contributed by atoms with E-state index >= 15 is 0 Å². The van der Waals surface area contributed by atoms with Crippen molar-refractivity contribution < 1.29 is 63.1 Å². The van der Waals surface area contributed by atoms with Crippen LogP contribution in [0.3, 0.4) is 0 Å². The van der Waals surface area contributed by atoms with Gasteiger partial charge in [-0.25, -0.2) is 0 Å². The standard InChI is InChI=1S/Cu.Li.O.Ti/q+2;+1;-2;+4. The van der Waals surface area contributed by atoms with Crippen LogP contribution in [0.5, 0.6) is 0 Å². The fourth-order valence-corrected chi connectivity index (χ4v) is 0. The van der Waals surface area contributed by atoms with Gasteiger partial charge in [0.2, 0.25) is 0 Å². The smallest absolute Gasteiger partial charge is 2.00 e. The molecule has 1 nitrogen and oxygen atoms in total. The van der Waals surface area contributed by atoms with Gasteiger partial charge in [0.1, 0.15) is 0 Å². The molecule has 0 spiro atoms. The molecule has 0 saturated carbocycles. The van der Waals surface area contributed by atoms with Crippen molar-refractivity contribution in [2.45, 2.75) is 0 Å². The van der Waals surface area contributed by atoms with Crippen LogP contribution in [0.2, 0.25) is 0 Å². The van der Waals surface area contributed by atoms with Crippen molar-refractivity contribution in [2.24, 2.45) is 0 Å². The minimum atomic E-state index is 0. The first-order chi connectivity index (χ1) is 0. The first kappa shape index (κ1) is 41.4. The van der Waals surface area contributed by atoms with Gasteiger partial charge in [0.05, 0.1) is 0 Å². The molecule has 0 rings (SSSR count). The molecule has 0 aromatic carbocycles. The summed E-state index contributed by atoms with van der Waals surface area (Å²) in [6.45, 7) is 0. The number of hydrogen-bond acceptors (Lipinski definition) is 0. The minimum absolute atomic E-state index is 0. The summed E-state index contributed by atoms with van der Waals surface area (Å²) < 4.78 is 0. The SMILES string of the molecule is [Cu+2].[Li+].[O-2].[Ti+4]. The molecule has 0 unspecified atom stereocenters. The van der Waals surface area contributed by atoms with Crippen LogP contribution in [0.1, 0.15) is 0 Å². The molecule has 0 atom stereocenters. The second kappa shape index (κ2) is 21.5. The zero-order chi connectivity index (χ0) is 0. The van der Waals surface area contributed by atoms with Gasteiger partial charge in [-0.3, -0.25) is 0 Å². The topological polar surface area (TPSA) is 28.5 Å². The van der Waals surface area contributed by atoms with E-state index in [1.54, 1.807) is 0 Å². The molecule has 0 aliphatic heterocycles. The normalized spacial score (nSPS) is 0. The van der Waals surface area contributed by atoms with Gasteiger partial charge >= 0.3 is 57.6 Å². The molecule has 0 heterocycles. The zero-order valence-corrected chi connectivity index (χ0v) is 4.71. The van der Waals surface area contributed by atoms with Gasteiger partial charge in [-0.05, 0) is 0 Å². The predicted octanol–water partition coefficient (Wildman–Crippen LogP) is -3.12. The quantitative estimate of drug-likeness (QED) is 0.314. The Morgan fingerprint density at radius 1 is 1.00 bits per heavy atom. The molecule has 0 fully saturated rings. The molecule has 17 valence electrons. The van der Waals surface area contributed by atoms with Gasteiger partial charge in [-0.15, -0.1) is 0 Å². The Bertz CT molecular complexity index is 8.00. The summed E-state index contributed by atoms with van der Waals surface area (Å²) in [4.78, 5) is 0. The molecular formula is CuLiOTi+5. The van der Waals surface area contributed by atoms with Crippen molar-refractivity contribution >= 4 is 0 Å². The van der Waals surface area contributed by atoms with Crippen molar-refractivity contribution in [1.29, 1.82) is 0 Å². The fourth-order valence-electron chi connectivity index (χ4n) is 0. The molecule has 0 saturated heterocycles. The van der Waals surface area contributed by atoms with Crippen molar-refractivity contribution in [3.8, 4) is 0 Å². The summed E-state index contributed by atoms with van der Waals surface area (Å²) in [6.07, 6.45) is 0. The van der Waals surface area contributed by atoms with E-state index in [4.69, 9.17) is 0 Å². The van der Waals surface area contributed by atoms with E-state index in [2.05, 4.69) is 0 Å². The van der Waals surface area contributed by atoms with E-state index < -0.39 is 0 Å². The van der Waals surface area contributed by atoms with Crippen LogP contribution in [0.25, 0.3) is 0 Å². The predicted molar refractivity (Wildman–Crippen MR) is 0.686 cm³/mol. The van der Waals surface area contributed by atoms with E-state index in [0.29, 0.717) is 0 Å². The summed E-state index contributed by atoms with van der Waals surface area (Å²) in [6, 6.07) is 0. The Labute approximate surface area is 62.7 Å². The van der Waals surface area contributed by atoms with Crippen LogP contribution in [0.4, 0.5) is 0 Å². The molecule has 4 heteroatoms. The van der Waals surface area contributed by atoms with Gasteiger partial charge in [0.15, 0.2) is 0 Å². The zero-order valence-electron chi connectivity index (χ0n) is 2.21. The van der Waals surface area contributed by atoms with Crippen LogP contribution in [0.15, 0.2) is 0 Å². The largest absolute Gasteiger partial charge is 4.00 e. The first-order valence-electron chi connectivity index (χ1n) is 0. The van der Waals surface area contributed by atoms with Gasteiger partial charge in [0, 0.05) is 0 Å². The monoisotopic (exact) mass is 134 g/mol. The van der Waals surface area contributed by atoms with Gasteiger partial charge < -0.3 is 5.48 Å². The molecule has 0 amide bonds. The van der Waals surface area contributed by atoms with E-state index in [-0.39, 0.29) is 63.1 Å². The maximum Gasteiger partial charge on any atom is 4.00 e. The third-order valence-electron chi connectivity index (χ3n) is 0. The Kier molecular flexibility index (Phi) is 222. The first-order valence-corrected chi connectivity index (χ1v) is 0. The van der Waals surface area contributed by atoms with E-state index in [9.17, 15) is 0 Å². The molecule has 0 aliphatic carbocycles. The van der Waals surface area contributed by atoms with Gasteiger partial charge in [-0.2, -0.15) is 0 Å². The summed E-state index contributed by atoms with van der Waals surface area (Å²) in [7, 11) is 0. The molecule has 4 heavy (non-hydrogen) atoms. The molecule has 0 N–H and O–H groups in total. The summed E-state index contributed by atoms with van der Waals surface area (Å²) in [5.41, 5.74) is 0. The molecular weight excluding hydrogens is 134 g/mol. The Balaban J connectivity index is 0. The average Bonchev–Trinajstić information content (AvgIpc) is 0. The van der Waals surface area contributed by atoms with Crippen molar-refractivity contribution in [3.63, 3.8) is 0 Å². The second-order valence-corrected chi connectivity index (χ2v) is 0. The molecule has 0 bridgehead atoms. The number of hydrogen-bond donors (Lipinski definition) is 0. The maximum absolute atomic E-state index is 0. The number of rotatable bonds is 0. The molecule has 1 radical (unpaired) electrons.